The van der Waals surface area contributed by atoms with Crippen LogP contribution in [0.25, 0.3) is 0 Å². The molecular formula is C9H12Li2. The Hall–Kier alpha value is 0.415. The summed E-state index contributed by atoms with van der Waals surface area (Å²) in [5.74, 6) is 0. The van der Waals surface area contributed by atoms with E-state index in [1.165, 1.54) is 0 Å². The molecule has 0 N–H and O–H groups in total. The maximum absolute atomic E-state index is 2.89. The third-order valence-electron chi connectivity index (χ3n) is 0.607. The van der Waals surface area contributed by atoms with Gasteiger partial charge in [0.25, 0.3) is 0 Å². The van der Waals surface area contributed by atoms with Crippen molar-refractivity contribution in [1.82, 2.24) is 0 Å². The van der Waals surface area contributed by atoms with E-state index in [0.717, 1.165) is 0 Å². The molecule has 0 saturated heterocycles. The van der Waals surface area contributed by atoms with Crippen molar-refractivity contribution < 1.29 is 37.7 Å². The summed E-state index contributed by atoms with van der Waals surface area (Å²) in [6.07, 6.45) is 2.00. The number of benzene rings is 1. The van der Waals surface area contributed by atoms with Gasteiger partial charge in [-0.15, -0.1) is 0 Å². The average Bonchev–Trinajstić information content (AvgIpc) is 1.93. The van der Waals surface area contributed by atoms with E-state index < -0.39 is 0 Å². The van der Waals surface area contributed by atoms with E-state index >= 15 is 0 Å². The van der Waals surface area contributed by atoms with Gasteiger partial charge in [0.2, 0.25) is 0 Å². The van der Waals surface area contributed by atoms with Gasteiger partial charge in [-0.25, -0.2) is 0 Å². The van der Waals surface area contributed by atoms with Crippen LogP contribution in [0.4, 0.5) is 0 Å². The molecule has 0 bridgehead atoms. The molecule has 0 aromatic heterocycles. The maximum Gasteiger partial charge on any atom is 1.00 e. The van der Waals surface area contributed by atoms with Crippen molar-refractivity contribution in [3.05, 3.63) is 42.8 Å². The van der Waals surface area contributed by atoms with Crippen LogP contribution in [0.3, 0.4) is 0 Å². The fourth-order valence-electron chi connectivity index (χ4n) is 0.342. The second kappa shape index (κ2) is 16.8. The largest absolute Gasteiger partial charge is 1.00 e. The van der Waals surface area contributed by atoms with Crippen LogP contribution in [0.2, 0.25) is 0 Å². The fourth-order valence-corrected chi connectivity index (χ4v) is 0.342. The van der Waals surface area contributed by atoms with E-state index in [1.807, 2.05) is 50.6 Å². The predicted molar refractivity (Wildman–Crippen MR) is 40.9 cm³/mol. The quantitative estimate of drug-likeness (QED) is 0.258. The summed E-state index contributed by atoms with van der Waals surface area (Å²) >= 11 is 0. The van der Waals surface area contributed by atoms with E-state index in [1.54, 1.807) is 0 Å². The predicted octanol–water partition coefficient (Wildman–Crippen LogP) is -3.27. The average molecular weight is 134 g/mol. The number of rotatable bonds is 0. The normalized spacial score (nSPS) is 6.00. The van der Waals surface area contributed by atoms with Gasteiger partial charge in [0.15, 0.2) is 0 Å². The first-order valence-corrected chi connectivity index (χ1v) is 3.07. The van der Waals surface area contributed by atoms with Gasteiger partial charge in [-0.1, -0.05) is 0 Å². The third kappa shape index (κ3) is 17.9. The van der Waals surface area contributed by atoms with E-state index in [-0.39, 0.29) is 37.7 Å². The zero-order chi connectivity index (χ0) is 6.95. The molecule has 0 atom stereocenters. The molecular weight excluding hydrogens is 122 g/mol. The molecule has 1 aromatic carbocycles. The van der Waals surface area contributed by atoms with Crippen LogP contribution in [0.5, 0.6) is 0 Å². The molecule has 0 amide bonds. The summed E-state index contributed by atoms with van der Waals surface area (Å²) in [5.41, 5.74) is 0. The number of hydrogen-bond donors (Lipinski definition) is 0. The van der Waals surface area contributed by atoms with Crippen LogP contribution in [-0.2, 0) is 0 Å². The van der Waals surface area contributed by atoms with E-state index in [0.29, 0.717) is 0 Å². The molecule has 0 saturated carbocycles. The van der Waals surface area contributed by atoms with Crippen molar-refractivity contribution in [3.63, 3.8) is 0 Å². The zero-order valence-corrected chi connectivity index (χ0v) is 7.96. The van der Waals surface area contributed by atoms with Gasteiger partial charge >= 0.3 is 37.7 Å². The summed E-state index contributed by atoms with van der Waals surface area (Å²) < 4.78 is 0. The summed E-state index contributed by atoms with van der Waals surface area (Å²) in [7, 11) is 0. The minimum Gasteiger partial charge on any atom is -0.335 e. The van der Waals surface area contributed by atoms with Gasteiger partial charge in [0.05, 0.1) is 0 Å². The molecule has 0 nitrogen and oxygen atoms in total. The molecule has 11 heavy (non-hydrogen) atoms. The Bertz CT molecular complexity index is 90.4. The SMILES string of the molecule is C[CH-]C.[Li+].[Li+].[c-]1ccccc1. The summed E-state index contributed by atoms with van der Waals surface area (Å²) in [6.45, 7) is 4.00. The Kier molecular flexibility index (Phi) is 26.7. The summed E-state index contributed by atoms with van der Waals surface area (Å²) in [4.78, 5) is 0. The molecule has 50 valence electrons. The zero-order valence-electron chi connectivity index (χ0n) is 7.96. The molecule has 0 aliphatic carbocycles. The second-order valence-corrected chi connectivity index (χ2v) is 1.65. The van der Waals surface area contributed by atoms with Gasteiger partial charge in [-0.2, -0.15) is 50.2 Å². The van der Waals surface area contributed by atoms with E-state index in [4.69, 9.17) is 0 Å². The van der Waals surface area contributed by atoms with Crippen molar-refractivity contribution in [3.8, 4) is 0 Å². The second-order valence-electron chi connectivity index (χ2n) is 1.65. The smallest absolute Gasteiger partial charge is 0.335 e. The minimum absolute atomic E-state index is 0. The Morgan fingerprint density at radius 3 is 1.36 bits per heavy atom. The van der Waals surface area contributed by atoms with Crippen molar-refractivity contribution in [1.29, 1.82) is 0 Å². The van der Waals surface area contributed by atoms with Gasteiger partial charge in [-0.05, 0) is 0 Å². The molecule has 1 rings (SSSR count). The first-order chi connectivity index (χ1) is 4.41. The van der Waals surface area contributed by atoms with E-state index in [2.05, 4.69) is 6.07 Å². The fraction of sp³-hybridized carbons (Fsp3) is 0.222. The molecule has 0 unspecified atom stereocenters. The van der Waals surface area contributed by atoms with Crippen LogP contribution in [0.1, 0.15) is 13.8 Å². The number of hydrogen-bond acceptors (Lipinski definition) is 0. The Labute approximate surface area is 94.1 Å². The Balaban J connectivity index is -0.000000116. The van der Waals surface area contributed by atoms with Crippen LogP contribution < -0.4 is 37.7 Å². The van der Waals surface area contributed by atoms with Gasteiger partial charge in [-0.3, -0.25) is 0 Å². The van der Waals surface area contributed by atoms with Crippen molar-refractivity contribution in [2.45, 2.75) is 13.8 Å². The summed E-state index contributed by atoms with van der Waals surface area (Å²) in [5, 5.41) is 0. The van der Waals surface area contributed by atoms with Crippen LogP contribution in [0.15, 0.2) is 30.3 Å². The standard InChI is InChI=1S/C6H5.C3H7.2Li/c1-2-4-6-5-3-1;1-3-2;;/h1-5H;3H,1-2H3;;/q2*-1;2*+1. The summed E-state index contributed by atoms with van der Waals surface area (Å²) in [6, 6.07) is 12.5. The molecule has 1 aromatic rings. The van der Waals surface area contributed by atoms with Crippen LogP contribution in [-0.4, -0.2) is 0 Å². The minimum atomic E-state index is 0. The molecule has 0 fully saturated rings. The van der Waals surface area contributed by atoms with Crippen molar-refractivity contribution >= 4 is 0 Å². The van der Waals surface area contributed by atoms with Crippen LogP contribution in [0, 0.1) is 12.5 Å². The monoisotopic (exact) mass is 134 g/mol. The molecule has 0 aliphatic heterocycles. The Morgan fingerprint density at radius 1 is 0.909 bits per heavy atom. The van der Waals surface area contributed by atoms with Crippen LogP contribution >= 0.6 is 0 Å². The first-order valence-electron chi connectivity index (χ1n) is 3.07. The molecule has 2 heteroatoms. The Morgan fingerprint density at radius 2 is 1.27 bits per heavy atom. The van der Waals surface area contributed by atoms with Crippen molar-refractivity contribution in [2.75, 3.05) is 0 Å². The molecule has 0 heterocycles. The van der Waals surface area contributed by atoms with E-state index in [9.17, 15) is 0 Å². The van der Waals surface area contributed by atoms with Crippen molar-refractivity contribution in [2.24, 2.45) is 0 Å². The third-order valence-corrected chi connectivity index (χ3v) is 0.607. The van der Waals surface area contributed by atoms with Gasteiger partial charge in [0, 0.05) is 0 Å². The first kappa shape index (κ1) is 17.5. The molecule has 0 aliphatic rings. The maximum atomic E-state index is 2.89. The molecule has 0 spiro atoms. The molecule has 0 radical (unpaired) electrons. The topological polar surface area (TPSA) is 0 Å². The van der Waals surface area contributed by atoms with Gasteiger partial charge in [0.1, 0.15) is 0 Å². The van der Waals surface area contributed by atoms with Gasteiger partial charge < -0.3 is 6.42 Å².